The monoisotopic (exact) mass is 246 g/mol. The van der Waals surface area contributed by atoms with Crippen molar-refractivity contribution in [2.45, 2.75) is 4.90 Å². The van der Waals surface area contributed by atoms with E-state index in [-0.39, 0.29) is 5.69 Å². The Bertz CT molecular complexity index is 463. The fraction of sp³-hybridized carbons (Fsp3) is 0.143. The molecule has 0 aliphatic carbocycles. The molecule has 0 spiro atoms. The van der Waals surface area contributed by atoms with E-state index in [1.807, 2.05) is 0 Å². The van der Waals surface area contributed by atoms with Crippen molar-refractivity contribution in [3.63, 3.8) is 0 Å². The number of benzene rings is 1. The molecule has 0 saturated heterocycles. The van der Waals surface area contributed by atoms with E-state index < -0.39 is 14.9 Å². The van der Waals surface area contributed by atoms with Crippen molar-refractivity contribution in [1.82, 2.24) is 0 Å². The third-order valence-corrected chi connectivity index (χ3v) is 4.10. The minimum absolute atomic E-state index is 0.122. The fourth-order valence-electron chi connectivity index (χ4n) is 1.19. The average Bonchev–Trinajstić information content (AvgIpc) is 2.55. The van der Waals surface area contributed by atoms with E-state index in [9.17, 15) is 14.3 Å². The van der Waals surface area contributed by atoms with Gasteiger partial charge in [-0.05, 0) is 16.9 Å². The van der Waals surface area contributed by atoms with Gasteiger partial charge in [0.2, 0.25) is 0 Å². The molecule has 1 atom stereocenters. The number of hydrogen-bond donors (Lipinski definition) is 1. The molecule has 1 unspecified atom stereocenters. The number of rotatable bonds is 2. The number of anilines is 1. The van der Waals surface area contributed by atoms with Crippen LogP contribution >= 0.6 is 10.8 Å². The Hall–Kier alpha value is -1.28. The third-order valence-electron chi connectivity index (χ3n) is 1.84. The summed E-state index contributed by atoms with van der Waals surface area (Å²) in [5.74, 6) is 0.383. The van der Waals surface area contributed by atoms with Crippen LogP contribution in [0.2, 0.25) is 0 Å². The van der Waals surface area contributed by atoms with Crippen molar-refractivity contribution < 1.29 is 13.9 Å². The summed E-state index contributed by atoms with van der Waals surface area (Å²) in [6, 6.07) is 2.92. The molecule has 0 radical (unpaired) electrons. The van der Waals surface area contributed by atoms with E-state index in [1.54, 1.807) is 6.07 Å². The van der Waals surface area contributed by atoms with Crippen molar-refractivity contribution in [3.8, 4) is 5.75 Å². The first-order chi connectivity index (χ1) is 7.11. The van der Waals surface area contributed by atoms with Gasteiger partial charge in [0.1, 0.15) is 11.4 Å². The number of fused-ring (bicyclic) bond motifs is 1. The lowest BCUT2D eigenvalue weighted by atomic mass is 10.2. The molecule has 0 bridgehead atoms. The molecule has 0 fully saturated rings. The lowest BCUT2D eigenvalue weighted by Crippen LogP contribution is -1.97. The Balaban J connectivity index is 2.59. The summed E-state index contributed by atoms with van der Waals surface area (Å²) in [6.45, 7) is 0. The number of nitrogens with one attached hydrogen (secondary N) is 1. The molecule has 1 N–H and O–H groups in total. The minimum Gasteiger partial charge on any atom is -0.496 e. The van der Waals surface area contributed by atoms with Gasteiger partial charge in [0.15, 0.2) is 10.0 Å². The van der Waals surface area contributed by atoms with Crippen LogP contribution in [-0.2, 0) is 10.0 Å². The number of methoxy groups -OCH3 is 1. The molecule has 0 amide bonds. The van der Waals surface area contributed by atoms with Gasteiger partial charge in [-0.15, -0.1) is 0 Å². The van der Waals surface area contributed by atoms with Gasteiger partial charge in [0.25, 0.3) is 5.69 Å². The van der Waals surface area contributed by atoms with Gasteiger partial charge in [-0.25, -0.2) is 4.21 Å². The predicted molar refractivity (Wildman–Crippen MR) is 57.3 cm³/mol. The number of nitrogens with zero attached hydrogens (tertiary/aromatic N) is 1. The van der Waals surface area contributed by atoms with E-state index in [0.717, 1.165) is 10.8 Å². The highest BCUT2D eigenvalue weighted by atomic mass is 33.1. The van der Waals surface area contributed by atoms with Gasteiger partial charge in [0.05, 0.1) is 23.0 Å². The summed E-state index contributed by atoms with van der Waals surface area (Å²) < 4.78 is 18.6. The van der Waals surface area contributed by atoms with Crippen LogP contribution in [0.3, 0.4) is 0 Å². The standard InChI is InChI=1S/C7H6N2O4S2/c1-13-4-2-5(9(10)11)7-6(3-4)14-15(12)8-7/h2-3,8H,1H3. The molecule has 1 aliphatic heterocycles. The SMILES string of the molecule is COc1cc2c(c([N+](=O)[O-])c1)NS(=O)S2. The Morgan fingerprint density at radius 2 is 2.33 bits per heavy atom. The fourth-order valence-corrected chi connectivity index (χ4v) is 3.50. The van der Waals surface area contributed by atoms with E-state index in [4.69, 9.17) is 4.74 Å². The summed E-state index contributed by atoms with van der Waals surface area (Å²) in [6.07, 6.45) is 0. The van der Waals surface area contributed by atoms with Gasteiger partial charge in [0, 0.05) is 0 Å². The molecule has 1 heterocycles. The predicted octanol–water partition coefficient (Wildman–Crippen LogP) is 1.70. The second-order valence-electron chi connectivity index (χ2n) is 2.70. The van der Waals surface area contributed by atoms with E-state index in [1.165, 1.54) is 13.2 Å². The molecule has 1 aliphatic rings. The lowest BCUT2D eigenvalue weighted by Gasteiger charge is -2.02. The van der Waals surface area contributed by atoms with Crippen LogP contribution in [0.4, 0.5) is 11.4 Å². The first-order valence-corrected chi connectivity index (χ1v) is 6.33. The maximum atomic E-state index is 11.2. The molecule has 0 saturated carbocycles. The van der Waals surface area contributed by atoms with Crippen LogP contribution in [-0.4, -0.2) is 16.2 Å². The largest absolute Gasteiger partial charge is 0.496 e. The van der Waals surface area contributed by atoms with Crippen LogP contribution in [0.25, 0.3) is 0 Å². The van der Waals surface area contributed by atoms with E-state index >= 15 is 0 Å². The lowest BCUT2D eigenvalue weighted by molar-refractivity contribution is -0.384. The molecule has 15 heavy (non-hydrogen) atoms. The van der Waals surface area contributed by atoms with Gasteiger partial charge >= 0.3 is 0 Å². The van der Waals surface area contributed by atoms with Gasteiger partial charge in [-0.3, -0.25) is 14.8 Å². The number of nitro benzene ring substituents is 1. The summed E-state index contributed by atoms with van der Waals surface area (Å²) >= 11 is 0. The second kappa shape index (κ2) is 3.70. The molecule has 6 nitrogen and oxygen atoms in total. The highest BCUT2D eigenvalue weighted by Gasteiger charge is 2.28. The highest BCUT2D eigenvalue weighted by Crippen LogP contribution is 2.45. The zero-order chi connectivity index (χ0) is 11.0. The molecule has 1 aromatic rings. The summed E-state index contributed by atoms with van der Waals surface area (Å²) in [7, 11) is 1.11. The zero-order valence-electron chi connectivity index (χ0n) is 7.55. The minimum atomic E-state index is -1.35. The van der Waals surface area contributed by atoms with Crippen LogP contribution < -0.4 is 9.46 Å². The Morgan fingerprint density at radius 1 is 1.60 bits per heavy atom. The number of ether oxygens (including phenoxy) is 1. The smallest absolute Gasteiger partial charge is 0.298 e. The molecular formula is C7H6N2O4S2. The summed E-state index contributed by atoms with van der Waals surface area (Å²) in [4.78, 5) is 10.8. The molecule has 8 heteroatoms. The van der Waals surface area contributed by atoms with Crippen LogP contribution in [0.1, 0.15) is 0 Å². The van der Waals surface area contributed by atoms with Crippen molar-refractivity contribution in [3.05, 3.63) is 22.2 Å². The topological polar surface area (TPSA) is 81.5 Å². The van der Waals surface area contributed by atoms with Crippen LogP contribution in [0, 0.1) is 10.1 Å². The average molecular weight is 246 g/mol. The van der Waals surface area contributed by atoms with Crippen molar-refractivity contribution in [2.75, 3.05) is 11.8 Å². The molecule has 2 rings (SSSR count). The van der Waals surface area contributed by atoms with Crippen LogP contribution in [0.5, 0.6) is 5.75 Å². The highest BCUT2D eigenvalue weighted by molar-refractivity contribution is 8.70. The van der Waals surface area contributed by atoms with Crippen molar-refractivity contribution >= 4 is 32.2 Å². The maximum absolute atomic E-state index is 11.2. The van der Waals surface area contributed by atoms with Crippen molar-refractivity contribution in [2.24, 2.45) is 0 Å². The van der Waals surface area contributed by atoms with Gasteiger partial charge in [-0.2, -0.15) is 0 Å². The molecule has 0 aromatic heterocycles. The third kappa shape index (κ3) is 1.77. The van der Waals surface area contributed by atoms with Crippen molar-refractivity contribution in [1.29, 1.82) is 0 Å². The number of nitro groups is 1. The molecule has 80 valence electrons. The first kappa shape index (κ1) is 10.2. The van der Waals surface area contributed by atoms with Gasteiger partial charge in [-0.1, -0.05) is 0 Å². The number of hydrogen-bond acceptors (Lipinski definition) is 5. The normalized spacial score (nSPS) is 18.1. The van der Waals surface area contributed by atoms with Crippen LogP contribution in [0.15, 0.2) is 17.0 Å². The second-order valence-corrected chi connectivity index (χ2v) is 5.39. The Kier molecular flexibility index (Phi) is 2.53. The van der Waals surface area contributed by atoms with Gasteiger partial charge < -0.3 is 4.74 Å². The maximum Gasteiger partial charge on any atom is 0.298 e. The molecular weight excluding hydrogens is 240 g/mol. The summed E-state index contributed by atoms with van der Waals surface area (Å²) in [5.41, 5.74) is 0.173. The zero-order valence-corrected chi connectivity index (χ0v) is 9.18. The summed E-state index contributed by atoms with van der Waals surface area (Å²) in [5, 5.41) is 10.7. The quantitative estimate of drug-likeness (QED) is 0.488. The Labute approximate surface area is 91.1 Å². The van der Waals surface area contributed by atoms with E-state index in [2.05, 4.69) is 4.72 Å². The first-order valence-electron chi connectivity index (χ1n) is 3.85. The van der Waals surface area contributed by atoms with E-state index in [0.29, 0.717) is 16.3 Å². The molecule has 1 aromatic carbocycles. The Morgan fingerprint density at radius 3 is 2.93 bits per heavy atom.